The van der Waals surface area contributed by atoms with E-state index >= 15 is 0 Å². The van der Waals surface area contributed by atoms with E-state index in [4.69, 9.17) is 14.5 Å². The van der Waals surface area contributed by atoms with E-state index in [9.17, 15) is 4.79 Å². The first-order chi connectivity index (χ1) is 14.3. The van der Waals surface area contributed by atoms with Crippen molar-refractivity contribution < 1.29 is 14.3 Å². The Morgan fingerprint density at radius 1 is 1.26 bits per heavy atom. The van der Waals surface area contributed by atoms with Crippen molar-refractivity contribution in [3.63, 3.8) is 0 Å². The van der Waals surface area contributed by atoms with E-state index in [2.05, 4.69) is 28.8 Å². The molecule has 0 atom stereocenters. The van der Waals surface area contributed by atoms with Crippen LogP contribution in [0.3, 0.4) is 0 Å². The van der Waals surface area contributed by atoms with E-state index in [1.165, 1.54) is 0 Å². The summed E-state index contributed by atoms with van der Waals surface area (Å²) >= 11 is 0. The Bertz CT molecular complexity index is 700. The highest BCUT2D eigenvalue weighted by molar-refractivity contribution is 14.0. The predicted octanol–water partition coefficient (Wildman–Crippen LogP) is 3.31. The summed E-state index contributed by atoms with van der Waals surface area (Å²) in [7, 11) is 1.88. The fourth-order valence-corrected chi connectivity index (χ4v) is 3.26. The van der Waals surface area contributed by atoms with Gasteiger partial charge in [-0.1, -0.05) is 24.3 Å². The number of carbonyl (C=O) groups is 1. The number of nitrogens with one attached hydrogen (secondary N) is 2. The Morgan fingerprint density at radius 2 is 1.94 bits per heavy atom. The molecule has 1 heterocycles. The van der Waals surface area contributed by atoms with Gasteiger partial charge >= 0.3 is 0 Å². The first-order valence-electron chi connectivity index (χ1n) is 10.8. The normalized spacial score (nSPS) is 15.2. The zero-order chi connectivity index (χ0) is 22.0. The first kappa shape index (κ1) is 27.6. The summed E-state index contributed by atoms with van der Waals surface area (Å²) in [6.07, 6.45) is 2.21. The van der Waals surface area contributed by atoms with Crippen LogP contribution in [0.25, 0.3) is 0 Å². The van der Waals surface area contributed by atoms with Gasteiger partial charge in [-0.15, -0.1) is 24.0 Å². The van der Waals surface area contributed by atoms with Crippen LogP contribution >= 0.6 is 24.0 Å². The summed E-state index contributed by atoms with van der Waals surface area (Å²) in [6, 6.07) is 8.33. The van der Waals surface area contributed by atoms with Gasteiger partial charge in [0.15, 0.2) is 5.96 Å². The van der Waals surface area contributed by atoms with Crippen molar-refractivity contribution in [3.05, 3.63) is 35.4 Å². The SMILES string of the molecule is CCNC(=NCc1cccc(COC2CCOCC2)c1)N(C)CC(=O)NC(C)(C)C.I. The fourth-order valence-electron chi connectivity index (χ4n) is 3.26. The number of likely N-dealkylation sites (N-methyl/N-ethyl adjacent to an activating group) is 1. The smallest absolute Gasteiger partial charge is 0.240 e. The molecule has 1 aliphatic rings. The largest absolute Gasteiger partial charge is 0.381 e. The summed E-state index contributed by atoms with van der Waals surface area (Å²) in [5.41, 5.74) is 2.02. The van der Waals surface area contributed by atoms with Crippen molar-refractivity contribution in [2.75, 3.05) is 33.4 Å². The average Bonchev–Trinajstić information content (AvgIpc) is 2.69. The van der Waals surface area contributed by atoms with Crippen molar-refractivity contribution >= 4 is 35.8 Å². The number of rotatable bonds is 8. The molecule has 1 saturated heterocycles. The number of carbonyl (C=O) groups excluding carboxylic acids is 1. The molecule has 0 aliphatic carbocycles. The molecule has 7 nitrogen and oxygen atoms in total. The van der Waals surface area contributed by atoms with Gasteiger partial charge < -0.3 is 25.0 Å². The number of hydrogen-bond donors (Lipinski definition) is 2. The van der Waals surface area contributed by atoms with Crippen LogP contribution in [0.1, 0.15) is 51.7 Å². The number of amides is 1. The summed E-state index contributed by atoms with van der Waals surface area (Å²) in [6.45, 7) is 11.7. The number of ether oxygens (including phenoxy) is 2. The molecule has 0 radical (unpaired) electrons. The third kappa shape index (κ3) is 11.2. The Hall–Kier alpha value is -1.39. The molecule has 0 spiro atoms. The molecule has 31 heavy (non-hydrogen) atoms. The van der Waals surface area contributed by atoms with Crippen LogP contribution in [0.2, 0.25) is 0 Å². The molecule has 0 saturated carbocycles. The molecular formula is C23H39IN4O3. The van der Waals surface area contributed by atoms with Crippen LogP contribution in [0.4, 0.5) is 0 Å². The van der Waals surface area contributed by atoms with Gasteiger partial charge in [0.25, 0.3) is 0 Å². The maximum Gasteiger partial charge on any atom is 0.240 e. The minimum atomic E-state index is -0.249. The Kier molecular flexibility index (Phi) is 12.4. The number of aliphatic imine (C=N–C) groups is 1. The molecule has 8 heteroatoms. The molecule has 1 aliphatic heterocycles. The van der Waals surface area contributed by atoms with Crippen molar-refractivity contribution in [2.24, 2.45) is 4.99 Å². The number of nitrogens with zero attached hydrogens (tertiary/aromatic N) is 2. The van der Waals surface area contributed by atoms with Crippen molar-refractivity contribution in [2.45, 2.75) is 65.3 Å². The maximum atomic E-state index is 12.2. The van der Waals surface area contributed by atoms with Gasteiger partial charge in [0.2, 0.25) is 5.91 Å². The lowest BCUT2D eigenvalue weighted by Gasteiger charge is -2.25. The number of benzene rings is 1. The molecule has 176 valence electrons. The van der Waals surface area contributed by atoms with Gasteiger partial charge in [-0.05, 0) is 51.7 Å². The zero-order valence-corrected chi connectivity index (χ0v) is 21.9. The fraction of sp³-hybridized carbons (Fsp3) is 0.652. The summed E-state index contributed by atoms with van der Waals surface area (Å²) in [5.74, 6) is 0.688. The van der Waals surface area contributed by atoms with Gasteiger partial charge in [0, 0.05) is 32.3 Å². The van der Waals surface area contributed by atoms with E-state index in [0.717, 1.165) is 43.7 Å². The van der Waals surface area contributed by atoms with E-state index in [1.54, 1.807) is 0 Å². The molecule has 0 bridgehead atoms. The van der Waals surface area contributed by atoms with Crippen molar-refractivity contribution in [1.29, 1.82) is 0 Å². The zero-order valence-electron chi connectivity index (χ0n) is 19.6. The minimum absolute atomic E-state index is 0. The van der Waals surface area contributed by atoms with Gasteiger partial charge in [-0.2, -0.15) is 0 Å². The number of hydrogen-bond acceptors (Lipinski definition) is 4. The quantitative estimate of drug-likeness (QED) is 0.298. The second-order valence-corrected chi connectivity index (χ2v) is 8.77. The third-order valence-electron chi connectivity index (χ3n) is 4.65. The minimum Gasteiger partial charge on any atom is -0.381 e. The standard InChI is InChI=1S/C23H38N4O3.HI/c1-6-24-22(27(5)16-21(28)26-23(2,3)4)25-15-18-8-7-9-19(14-18)17-30-20-10-12-29-13-11-20;/h7-9,14,20H,6,10-13,15-17H2,1-5H3,(H,24,25)(H,26,28);1H. The van der Waals surface area contributed by atoms with Crippen LogP contribution in [0, 0.1) is 0 Å². The van der Waals surface area contributed by atoms with Gasteiger partial charge in [-0.3, -0.25) is 4.79 Å². The predicted molar refractivity (Wildman–Crippen MR) is 136 cm³/mol. The second-order valence-electron chi connectivity index (χ2n) is 8.77. The summed E-state index contributed by atoms with van der Waals surface area (Å²) in [4.78, 5) is 18.8. The molecule has 1 amide bonds. The Balaban J connectivity index is 0.00000480. The Morgan fingerprint density at radius 3 is 2.58 bits per heavy atom. The van der Waals surface area contributed by atoms with Crippen molar-refractivity contribution in [1.82, 2.24) is 15.5 Å². The second kappa shape index (κ2) is 13.9. The van der Waals surface area contributed by atoms with Gasteiger partial charge in [0.05, 0.1) is 25.8 Å². The van der Waals surface area contributed by atoms with Crippen LogP contribution in [0.5, 0.6) is 0 Å². The molecule has 1 aromatic carbocycles. The molecule has 2 N–H and O–H groups in total. The highest BCUT2D eigenvalue weighted by Gasteiger charge is 2.17. The molecule has 0 aromatic heterocycles. The van der Waals surface area contributed by atoms with Crippen LogP contribution in [-0.2, 0) is 27.4 Å². The summed E-state index contributed by atoms with van der Waals surface area (Å²) < 4.78 is 11.4. The maximum absolute atomic E-state index is 12.2. The summed E-state index contributed by atoms with van der Waals surface area (Å²) in [5, 5.41) is 6.25. The molecule has 2 rings (SSSR count). The molecule has 1 fully saturated rings. The van der Waals surface area contributed by atoms with E-state index in [-0.39, 0.29) is 48.1 Å². The molecule has 0 unspecified atom stereocenters. The monoisotopic (exact) mass is 546 g/mol. The number of halogens is 1. The lowest BCUT2D eigenvalue weighted by Crippen LogP contribution is -2.48. The topological polar surface area (TPSA) is 75.2 Å². The lowest BCUT2D eigenvalue weighted by molar-refractivity contribution is -0.122. The highest BCUT2D eigenvalue weighted by atomic mass is 127. The molecular weight excluding hydrogens is 507 g/mol. The Labute approximate surface area is 204 Å². The van der Waals surface area contributed by atoms with Crippen molar-refractivity contribution in [3.8, 4) is 0 Å². The van der Waals surface area contributed by atoms with E-state index < -0.39 is 0 Å². The van der Waals surface area contributed by atoms with E-state index in [1.807, 2.05) is 45.7 Å². The molecule has 1 aromatic rings. The average molecular weight is 546 g/mol. The van der Waals surface area contributed by atoms with Crippen LogP contribution in [0.15, 0.2) is 29.3 Å². The van der Waals surface area contributed by atoms with Gasteiger partial charge in [0.1, 0.15) is 0 Å². The first-order valence-corrected chi connectivity index (χ1v) is 10.8. The van der Waals surface area contributed by atoms with Gasteiger partial charge in [-0.25, -0.2) is 4.99 Å². The third-order valence-corrected chi connectivity index (χ3v) is 4.65. The highest BCUT2D eigenvalue weighted by Crippen LogP contribution is 2.14. The number of guanidine groups is 1. The van der Waals surface area contributed by atoms with Crippen LogP contribution < -0.4 is 10.6 Å². The van der Waals surface area contributed by atoms with Crippen LogP contribution in [-0.4, -0.2) is 61.8 Å². The van der Waals surface area contributed by atoms with E-state index in [0.29, 0.717) is 19.1 Å². The lowest BCUT2D eigenvalue weighted by atomic mass is 10.1.